The fraction of sp³-hybridized carbons (Fsp3) is 0.760. The van der Waals surface area contributed by atoms with Crippen LogP contribution in [0.1, 0.15) is 75.7 Å². The lowest BCUT2D eigenvalue weighted by Crippen LogP contribution is -2.51. The number of rotatable bonds is 6. The van der Waals surface area contributed by atoms with Crippen LogP contribution in [0.25, 0.3) is 0 Å². The topological polar surface area (TPSA) is 26.7 Å². The second kappa shape index (κ2) is 10.1. The predicted molar refractivity (Wildman–Crippen MR) is 122 cm³/mol. The van der Waals surface area contributed by atoms with E-state index >= 15 is 0 Å². The van der Waals surface area contributed by atoms with E-state index in [1.165, 1.54) is 63.7 Å². The third-order valence-electron chi connectivity index (χ3n) is 7.77. The minimum absolute atomic E-state index is 0.159. The molecule has 3 nitrogen and oxygen atoms in total. The zero-order valence-electron chi connectivity index (χ0n) is 18.0. The summed E-state index contributed by atoms with van der Waals surface area (Å²) in [6.45, 7) is 6.86. The van der Waals surface area contributed by atoms with Gasteiger partial charge in [0.15, 0.2) is 0 Å². The maximum Gasteiger partial charge on any atom is 0.0728 e. The summed E-state index contributed by atoms with van der Waals surface area (Å²) in [4.78, 5) is 5.28. The average molecular weight is 419 g/mol. The van der Waals surface area contributed by atoms with E-state index in [0.717, 1.165) is 56.3 Å². The van der Waals surface area contributed by atoms with E-state index in [9.17, 15) is 5.11 Å². The highest BCUT2D eigenvalue weighted by Crippen LogP contribution is 2.41. The van der Waals surface area contributed by atoms with Crippen LogP contribution in [0, 0.1) is 5.92 Å². The third-order valence-corrected chi connectivity index (χ3v) is 8.00. The molecular weight excluding hydrogens is 380 g/mol. The zero-order valence-corrected chi connectivity index (χ0v) is 18.8. The third kappa shape index (κ3) is 5.76. The number of halogens is 1. The smallest absolute Gasteiger partial charge is 0.0728 e. The molecule has 162 valence electrons. The van der Waals surface area contributed by atoms with Crippen LogP contribution in [0.15, 0.2) is 24.3 Å². The van der Waals surface area contributed by atoms with Crippen LogP contribution in [0.2, 0.25) is 5.02 Å². The fourth-order valence-corrected chi connectivity index (χ4v) is 6.17. The molecule has 1 unspecified atom stereocenters. The summed E-state index contributed by atoms with van der Waals surface area (Å²) in [5, 5.41) is 12.4. The van der Waals surface area contributed by atoms with Crippen LogP contribution in [0.4, 0.5) is 0 Å². The van der Waals surface area contributed by atoms with Crippen molar-refractivity contribution in [1.29, 1.82) is 0 Å². The fourth-order valence-electron chi connectivity index (χ4n) is 5.97. The molecule has 2 aliphatic carbocycles. The van der Waals surface area contributed by atoms with Gasteiger partial charge in [-0.1, -0.05) is 62.3 Å². The Labute approximate surface area is 182 Å². The molecule has 3 aliphatic rings. The molecule has 1 heterocycles. The van der Waals surface area contributed by atoms with E-state index in [2.05, 4.69) is 21.9 Å². The van der Waals surface area contributed by atoms with Crippen molar-refractivity contribution in [2.45, 2.75) is 75.7 Å². The summed E-state index contributed by atoms with van der Waals surface area (Å²) in [5.41, 5.74) is 0.633. The van der Waals surface area contributed by atoms with Crippen molar-refractivity contribution in [3.8, 4) is 0 Å². The van der Waals surface area contributed by atoms with E-state index in [1.54, 1.807) is 0 Å². The number of piperazine rings is 1. The zero-order chi connectivity index (χ0) is 20.1. The molecule has 1 saturated heterocycles. The summed E-state index contributed by atoms with van der Waals surface area (Å²) in [6, 6.07) is 8.23. The molecule has 4 heteroatoms. The van der Waals surface area contributed by atoms with Crippen LogP contribution >= 0.6 is 11.6 Å². The minimum Gasteiger partial charge on any atom is -0.389 e. The van der Waals surface area contributed by atoms with E-state index in [0.29, 0.717) is 0 Å². The standard InChI is InChI=1S/C25H39ClN2O/c26-23-11-7-10-22(18-23)24(25(29)12-5-2-6-13-25)20-28-16-14-27(15-17-28)19-21-8-3-1-4-9-21/h7,10-11,18,21,24,29H,1-6,8-9,12-17,19-20H2. The molecule has 1 N–H and O–H groups in total. The highest BCUT2D eigenvalue weighted by atomic mass is 35.5. The molecule has 0 bridgehead atoms. The number of benzene rings is 1. The summed E-state index contributed by atoms with van der Waals surface area (Å²) >= 11 is 6.33. The largest absolute Gasteiger partial charge is 0.389 e. The molecule has 29 heavy (non-hydrogen) atoms. The van der Waals surface area contributed by atoms with Gasteiger partial charge in [-0.15, -0.1) is 0 Å². The van der Waals surface area contributed by atoms with Gasteiger partial charge in [-0.3, -0.25) is 0 Å². The SMILES string of the molecule is OC1(C(CN2CCN(CC3CCCCC3)CC2)c2cccc(Cl)c2)CCCCC1. The van der Waals surface area contributed by atoms with Crippen molar-refractivity contribution < 1.29 is 5.11 Å². The number of hydrogen-bond acceptors (Lipinski definition) is 3. The highest BCUT2D eigenvalue weighted by molar-refractivity contribution is 6.30. The lowest BCUT2D eigenvalue weighted by atomic mass is 9.72. The Morgan fingerprint density at radius 2 is 1.59 bits per heavy atom. The van der Waals surface area contributed by atoms with Crippen LogP contribution in [-0.4, -0.2) is 59.8 Å². The molecule has 0 radical (unpaired) electrons. The monoisotopic (exact) mass is 418 g/mol. The molecule has 2 saturated carbocycles. The van der Waals surface area contributed by atoms with Crippen molar-refractivity contribution in [2.75, 3.05) is 39.3 Å². The van der Waals surface area contributed by atoms with Gasteiger partial charge in [0, 0.05) is 50.2 Å². The molecular formula is C25H39ClN2O. The Hall–Kier alpha value is -0.610. The number of aliphatic hydroxyl groups is 1. The minimum atomic E-state index is -0.581. The Kier molecular flexibility index (Phi) is 7.55. The van der Waals surface area contributed by atoms with Crippen molar-refractivity contribution in [3.05, 3.63) is 34.9 Å². The second-order valence-corrected chi connectivity index (χ2v) is 10.3. The van der Waals surface area contributed by atoms with Gasteiger partial charge in [0.2, 0.25) is 0 Å². The second-order valence-electron chi connectivity index (χ2n) is 9.88. The van der Waals surface area contributed by atoms with Gasteiger partial charge in [0.25, 0.3) is 0 Å². The van der Waals surface area contributed by atoms with Crippen LogP contribution in [-0.2, 0) is 0 Å². The Bertz CT molecular complexity index is 631. The Balaban J connectivity index is 1.38. The lowest BCUT2D eigenvalue weighted by molar-refractivity contribution is -0.0346. The highest BCUT2D eigenvalue weighted by Gasteiger charge is 2.40. The molecule has 1 aromatic rings. The first kappa shape index (κ1) is 21.6. The molecule has 3 fully saturated rings. The molecule has 1 aromatic carbocycles. The van der Waals surface area contributed by atoms with Crippen LogP contribution in [0.5, 0.6) is 0 Å². The average Bonchev–Trinajstić information content (AvgIpc) is 2.74. The van der Waals surface area contributed by atoms with Gasteiger partial charge in [0.1, 0.15) is 0 Å². The van der Waals surface area contributed by atoms with Gasteiger partial charge < -0.3 is 14.9 Å². The lowest BCUT2D eigenvalue weighted by Gasteiger charge is -2.44. The van der Waals surface area contributed by atoms with Crippen molar-refractivity contribution in [3.63, 3.8) is 0 Å². The molecule has 0 aromatic heterocycles. The van der Waals surface area contributed by atoms with E-state index in [4.69, 9.17) is 11.6 Å². The van der Waals surface area contributed by atoms with Crippen LogP contribution in [0.3, 0.4) is 0 Å². The molecule has 0 spiro atoms. The first-order chi connectivity index (χ1) is 14.1. The van der Waals surface area contributed by atoms with Gasteiger partial charge in [-0.25, -0.2) is 0 Å². The predicted octanol–water partition coefficient (Wildman–Crippen LogP) is 5.32. The molecule has 0 amide bonds. The van der Waals surface area contributed by atoms with Crippen molar-refractivity contribution in [1.82, 2.24) is 9.80 Å². The van der Waals surface area contributed by atoms with Crippen LogP contribution < -0.4 is 0 Å². The maximum absolute atomic E-state index is 11.6. The van der Waals surface area contributed by atoms with E-state index in [-0.39, 0.29) is 5.92 Å². The summed E-state index contributed by atoms with van der Waals surface area (Å²) in [5.74, 6) is 1.09. The summed E-state index contributed by atoms with van der Waals surface area (Å²) in [7, 11) is 0. The quantitative estimate of drug-likeness (QED) is 0.677. The Morgan fingerprint density at radius 1 is 0.931 bits per heavy atom. The number of hydrogen-bond donors (Lipinski definition) is 1. The first-order valence-corrected chi connectivity index (χ1v) is 12.4. The van der Waals surface area contributed by atoms with Gasteiger partial charge in [-0.05, 0) is 49.3 Å². The molecule has 1 atom stereocenters. The van der Waals surface area contributed by atoms with Gasteiger partial charge >= 0.3 is 0 Å². The van der Waals surface area contributed by atoms with Crippen molar-refractivity contribution >= 4 is 11.6 Å². The maximum atomic E-state index is 11.6. The number of nitrogens with zero attached hydrogens (tertiary/aromatic N) is 2. The van der Waals surface area contributed by atoms with E-state index in [1.807, 2.05) is 12.1 Å². The van der Waals surface area contributed by atoms with Gasteiger partial charge in [-0.2, -0.15) is 0 Å². The summed E-state index contributed by atoms with van der Waals surface area (Å²) in [6.07, 6.45) is 12.6. The Morgan fingerprint density at radius 3 is 2.28 bits per heavy atom. The van der Waals surface area contributed by atoms with Gasteiger partial charge in [0.05, 0.1) is 5.60 Å². The molecule has 4 rings (SSSR count). The van der Waals surface area contributed by atoms with Crippen molar-refractivity contribution in [2.24, 2.45) is 5.92 Å². The summed E-state index contributed by atoms with van der Waals surface area (Å²) < 4.78 is 0. The first-order valence-electron chi connectivity index (χ1n) is 12.0. The normalized spacial score (nSPS) is 25.7. The van der Waals surface area contributed by atoms with E-state index < -0.39 is 5.60 Å². The molecule has 1 aliphatic heterocycles.